The third kappa shape index (κ3) is 4.70. The van der Waals surface area contributed by atoms with E-state index in [0.717, 1.165) is 88.2 Å². The summed E-state index contributed by atoms with van der Waals surface area (Å²) in [5.74, 6) is 0.598. The van der Waals surface area contributed by atoms with E-state index >= 15 is 0 Å². The van der Waals surface area contributed by atoms with Gasteiger partial charge < -0.3 is 4.42 Å². The van der Waals surface area contributed by atoms with E-state index in [1.54, 1.807) is 0 Å². The van der Waals surface area contributed by atoms with Crippen molar-refractivity contribution in [1.82, 2.24) is 14.5 Å². The Bertz CT molecular complexity index is 3200. The summed E-state index contributed by atoms with van der Waals surface area (Å²) in [6, 6.07) is 66.1. The molecule has 0 N–H and O–H groups in total. The molecule has 0 bridgehead atoms. The molecule has 0 unspecified atom stereocenters. The number of fused-ring (bicyclic) bond motifs is 8. The fraction of sp³-hybridized carbons (Fsp3) is 0. The molecular formula is C50H31N3O. The molecule has 0 aliphatic carbocycles. The fourth-order valence-corrected chi connectivity index (χ4v) is 8.18. The van der Waals surface area contributed by atoms with E-state index in [0.29, 0.717) is 5.95 Å². The normalized spacial score (nSPS) is 11.7. The highest BCUT2D eigenvalue weighted by atomic mass is 16.3. The van der Waals surface area contributed by atoms with Crippen LogP contribution in [0.25, 0.3) is 105 Å². The maximum atomic E-state index is 6.87. The maximum Gasteiger partial charge on any atom is 0.235 e. The maximum absolute atomic E-state index is 6.87. The number of benzene rings is 8. The Hall–Kier alpha value is -7.30. The van der Waals surface area contributed by atoms with Crippen molar-refractivity contribution in [3.63, 3.8) is 0 Å². The molecule has 0 atom stereocenters. The van der Waals surface area contributed by atoms with E-state index in [4.69, 9.17) is 14.4 Å². The molecule has 54 heavy (non-hydrogen) atoms. The summed E-state index contributed by atoms with van der Waals surface area (Å²) in [5.41, 5.74) is 13.4. The smallest absolute Gasteiger partial charge is 0.235 e. The second-order valence-electron chi connectivity index (χ2n) is 13.7. The van der Waals surface area contributed by atoms with Crippen LogP contribution in [-0.4, -0.2) is 14.5 Å². The minimum Gasteiger partial charge on any atom is -0.454 e. The topological polar surface area (TPSA) is 43.9 Å². The van der Waals surface area contributed by atoms with E-state index in [-0.39, 0.29) is 0 Å². The predicted molar refractivity (Wildman–Crippen MR) is 223 cm³/mol. The summed E-state index contributed by atoms with van der Waals surface area (Å²) in [4.78, 5) is 10.7. The average Bonchev–Trinajstić information content (AvgIpc) is 3.80. The van der Waals surface area contributed by atoms with Gasteiger partial charge in [0, 0.05) is 32.5 Å². The highest BCUT2D eigenvalue weighted by molar-refractivity contribution is 6.27. The Kier molecular flexibility index (Phi) is 6.82. The molecule has 0 amide bonds. The first-order valence-corrected chi connectivity index (χ1v) is 18.3. The zero-order chi connectivity index (χ0) is 35.6. The number of hydrogen-bond acceptors (Lipinski definition) is 3. The highest BCUT2D eigenvalue weighted by Crippen LogP contribution is 2.47. The average molecular weight is 690 g/mol. The minimum absolute atomic E-state index is 0.598. The molecule has 3 heterocycles. The summed E-state index contributed by atoms with van der Waals surface area (Å²) < 4.78 is 9.09. The van der Waals surface area contributed by atoms with Crippen LogP contribution in [0.5, 0.6) is 0 Å². The molecule has 252 valence electrons. The Balaban J connectivity index is 1.31. The van der Waals surface area contributed by atoms with Crippen molar-refractivity contribution in [1.29, 1.82) is 0 Å². The Morgan fingerprint density at radius 1 is 0.407 bits per heavy atom. The number of rotatable bonds is 5. The van der Waals surface area contributed by atoms with Crippen LogP contribution in [0, 0.1) is 0 Å². The van der Waals surface area contributed by atoms with Gasteiger partial charge in [0.25, 0.3) is 0 Å². The molecule has 0 spiro atoms. The molecule has 11 rings (SSSR count). The molecule has 8 aromatic carbocycles. The van der Waals surface area contributed by atoms with Gasteiger partial charge in [-0.1, -0.05) is 158 Å². The molecule has 0 aliphatic rings. The summed E-state index contributed by atoms with van der Waals surface area (Å²) >= 11 is 0. The first-order valence-electron chi connectivity index (χ1n) is 18.3. The number of aromatic nitrogens is 3. The van der Waals surface area contributed by atoms with Crippen LogP contribution in [0.15, 0.2) is 192 Å². The summed E-state index contributed by atoms with van der Waals surface area (Å²) in [6.45, 7) is 0. The first kappa shape index (κ1) is 30.3. The van der Waals surface area contributed by atoms with E-state index < -0.39 is 0 Å². The standard InChI is InChI=1S/C50H31N3O/c1-4-16-32(17-5-1)35-28-29-36(40(30-35)33-18-6-2-7-19-33)41-31-42-37-22-12-15-27-45(37)54-49(42)48-46(41)39-24-11-14-26-44(39)53(48)50-51-43-25-13-10-23-38(43)47(52-50)34-20-8-3-9-21-34/h1-31H. The first-order chi connectivity index (χ1) is 26.8. The lowest BCUT2D eigenvalue weighted by molar-refractivity contribution is 0.671. The van der Waals surface area contributed by atoms with Gasteiger partial charge in [-0.25, -0.2) is 9.97 Å². The Labute approximate surface area is 311 Å². The van der Waals surface area contributed by atoms with Crippen LogP contribution in [0.3, 0.4) is 0 Å². The molecule has 0 saturated carbocycles. The van der Waals surface area contributed by atoms with Crippen LogP contribution in [0.4, 0.5) is 0 Å². The molecule has 4 heteroatoms. The van der Waals surface area contributed by atoms with Crippen molar-refractivity contribution in [2.45, 2.75) is 0 Å². The largest absolute Gasteiger partial charge is 0.454 e. The van der Waals surface area contributed by atoms with Crippen LogP contribution in [0.2, 0.25) is 0 Å². The van der Waals surface area contributed by atoms with E-state index in [2.05, 4.69) is 174 Å². The third-order valence-electron chi connectivity index (χ3n) is 10.6. The van der Waals surface area contributed by atoms with Gasteiger partial charge in [0.15, 0.2) is 5.58 Å². The minimum atomic E-state index is 0.598. The lowest BCUT2D eigenvalue weighted by atomic mass is 9.88. The number of hydrogen-bond donors (Lipinski definition) is 0. The van der Waals surface area contributed by atoms with Gasteiger partial charge in [0.2, 0.25) is 5.95 Å². The fourth-order valence-electron chi connectivity index (χ4n) is 8.18. The van der Waals surface area contributed by atoms with Gasteiger partial charge >= 0.3 is 0 Å². The van der Waals surface area contributed by atoms with Crippen molar-refractivity contribution in [3.8, 4) is 50.6 Å². The second-order valence-corrected chi connectivity index (χ2v) is 13.7. The molecule has 0 saturated heterocycles. The van der Waals surface area contributed by atoms with Crippen LogP contribution >= 0.6 is 0 Å². The van der Waals surface area contributed by atoms with Gasteiger partial charge in [-0.2, -0.15) is 0 Å². The number of nitrogens with zero attached hydrogens (tertiary/aromatic N) is 3. The zero-order valence-corrected chi connectivity index (χ0v) is 29.1. The monoisotopic (exact) mass is 689 g/mol. The molecule has 0 fully saturated rings. The van der Waals surface area contributed by atoms with Crippen LogP contribution in [0.1, 0.15) is 0 Å². The molecule has 4 nitrogen and oxygen atoms in total. The van der Waals surface area contributed by atoms with Crippen LogP contribution in [-0.2, 0) is 0 Å². The molecule has 0 aliphatic heterocycles. The van der Waals surface area contributed by atoms with Crippen molar-refractivity contribution in [2.75, 3.05) is 0 Å². The predicted octanol–water partition coefficient (Wildman–Crippen LogP) is 13.3. The van der Waals surface area contributed by atoms with E-state index in [1.165, 1.54) is 11.1 Å². The van der Waals surface area contributed by atoms with Crippen molar-refractivity contribution < 1.29 is 4.42 Å². The van der Waals surface area contributed by atoms with Crippen molar-refractivity contribution in [3.05, 3.63) is 188 Å². The van der Waals surface area contributed by atoms with Gasteiger partial charge in [-0.05, 0) is 63.7 Å². The third-order valence-corrected chi connectivity index (χ3v) is 10.6. The van der Waals surface area contributed by atoms with E-state index in [9.17, 15) is 0 Å². The van der Waals surface area contributed by atoms with Gasteiger partial charge in [-0.3, -0.25) is 4.57 Å². The van der Waals surface area contributed by atoms with Crippen LogP contribution < -0.4 is 0 Å². The molecule has 11 aromatic rings. The SMILES string of the molecule is c1ccc(-c2ccc(-c3cc4c5ccccc5oc4c4c3c3ccccc3n4-c3nc(-c4ccccc4)c4ccccc4n3)c(-c3ccccc3)c2)cc1. The second kappa shape index (κ2) is 12.1. The van der Waals surface area contributed by atoms with Gasteiger partial charge in [0.1, 0.15) is 11.1 Å². The highest BCUT2D eigenvalue weighted by Gasteiger charge is 2.26. The lowest BCUT2D eigenvalue weighted by Gasteiger charge is -2.15. The number of para-hydroxylation sites is 3. The van der Waals surface area contributed by atoms with Crippen molar-refractivity contribution in [2.24, 2.45) is 0 Å². The molecular weight excluding hydrogens is 659 g/mol. The number of furan rings is 1. The Morgan fingerprint density at radius 3 is 1.81 bits per heavy atom. The van der Waals surface area contributed by atoms with Crippen molar-refractivity contribution >= 4 is 54.6 Å². The van der Waals surface area contributed by atoms with E-state index in [1.807, 2.05) is 18.2 Å². The summed E-state index contributed by atoms with van der Waals surface area (Å²) in [6.07, 6.45) is 0. The lowest BCUT2D eigenvalue weighted by Crippen LogP contribution is -2.03. The summed E-state index contributed by atoms with van der Waals surface area (Å²) in [7, 11) is 0. The quantitative estimate of drug-likeness (QED) is 0.181. The summed E-state index contributed by atoms with van der Waals surface area (Å²) in [5, 5.41) is 5.33. The molecule has 3 aromatic heterocycles. The van der Waals surface area contributed by atoms with Gasteiger partial charge in [-0.15, -0.1) is 0 Å². The zero-order valence-electron chi connectivity index (χ0n) is 29.1. The Morgan fingerprint density at radius 2 is 1.04 bits per heavy atom. The van der Waals surface area contributed by atoms with Gasteiger partial charge in [0.05, 0.1) is 16.7 Å². The molecule has 0 radical (unpaired) electrons.